The third-order valence-electron chi connectivity index (χ3n) is 2.96. The van der Waals surface area contributed by atoms with Crippen molar-refractivity contribution in [3.05, 3.63) is 22.9 Å². The summed E-state index contributed by atoms with van der Waals surface area (Å²) in [6.45, 7) is 2.33. The number of aliphatic carboxylic acids is 1. The fourth-order valence-corrected chi connectivity index (χ4v) is 3.40. The van der Waals surface area contributed by atoms with Crippen LogP contribution in [0.5, 0.6) is 0 Å². The van der Waals surface area contributed by atoms with Crippen molar-refractivity contribution in [2.24, 2.45) is 0 Å². The molecule has 0 aromatic heterocycles. The van der Waals surface area contributed by atoms with E-state index in [9.17, 15) is 24.3 Å². The Morgan fingerprint density at radius 2 is 2.05 bits per heavy atom. The van der Waals surface area contributed by atoms with Crippen molar-refractivity contribution in [3.63, 3.8) is 0 Å². The Hall–Kier alpha value is -1.09. The fourth-order valence-electron chi connectivity index (χ4n) is 2.12. The zero-order valence-corrected chi connectivity index (χ0v) is 15.2. The van der Waals surface area contributed by atoms with E-state index in [1.54, 1.807) is 0 Å². The Balaban J connectivity index is 0.00000242. The van der Waals surface area contributed by atoms with Gasteiger partial charge < -0.3 is 14.6 Å². The molecule has 0 N–H and O–H groups in total. The van der Waals surface area contributed by atoms with Crippen molar-refractivity contribution in [1.29, 1.82) is 0 Å². The first-order valence-electron chi connectivity index (χ1n) is 6.07. The van der Waals surface area contributed by atoms with Crippen molar-refractivity contribution in [3.8, 4) is 0 Å². The van der Waals surface area contributed by atoms with E-state index in [4.69, 9.17) is 4.74 Å². The number of allylic oxidation sites excluding steroid dienone is 1. The largest absolute Gasteiger partial charge is 1.00 e. The minimum Gasteiger partial charge on any atom is -0.543 e. The van der Waals surface area contributed by atoms with Crippen LogP contribution in [0.3, 0.4) is 0 Å². The van der Waals surface area contributed by atoms with Gasteiger partial charge in [-0.25, -0.2) is 0 Å². The van der Waals surface area contributed by atoms with Crippen LogP contribution in [-0.4, -0.2) is 46.3 Å². The van der Waals surface area contributed by atoms with Crippen LogP contribution in [0.25, 0.3) is 0 Å². The molecule has 2 rings (SSSR count). The molecule has 1 atom stereocenters. The van der Waals surface area contributed by atoms with Gasteiger partial charge in [0.05, 0.1) is 17.2 Å². The number of fused-ring (bicyclic) bond motifs is 1. The molecular weight excluding hydrogens is 321 g/mol. The second-order valence-corrected chi connectivity index (χ2v) is 5.64. The molecule has 0 aliphatic carbocycles. The molecule has 9 heteroatoms. The summed E-state index contributed by atoms with van der Waals surface area (Å²) >= 11 is 1.29. The van der Waals surface area contributed by atoms with E-state index in [0.717, 1.165) is 4.90 Å². The van der Waals surface area contributed by atoms with Gasteiger partial charge in [0.1, 0.15) is 12.0 Å². The van der Waals surface area contributed by atoms with E-state index in [2.05, 4.69) is 0 Å². The first-order chi connectivity index (χ1) is 9.82. The van der Waals surface area contributed by atoms with E-state index in [-0.39, 0.29) is 59.0 Å². The van der Waals surface area contributed by atoms with Gasteiger partial charge in [-0.15, -0.1) is 11.8 Å². The number of rotatable bonds is 4. The minimum atomic E-state index is -1.50. The normalized spacial score (nSPS) is 21.7. The Kier molecular flexibility index (Phi) is 6.42. The smallest absolute Gasteiger partial charge is 0.543 e. The van der Waals surface area contributed by atoms with Crippen molar-refractivity contribution in [2.75, 3.05) is 12.4 Å². The van der Waals surface area contributed by atoms with Crippen LogP contribution in [-0.2, 0) is 23.9 Å². The average Bonchev–Trinajstić information content (AvgIpc) is 2.40. The quantitative estimate of drug-likeness (QED) is 0.223. The maximum Gasteiger partial charge on any atom is 1.00 e. The Morgan fingerprint density at radius 1 is 1.41 bits per heavy atom. The molecule has 112 valence electrons. The number of carboxylic acids is 1. The number of esters is 1. The van der Waals surface area contributed by atoms with Crippen LogP contribution in [0, 0.1) is 0 Å². The molecule has 0 bridgehead atoms. The SMILES string of the molecule is CC(=O)/C=C1/C(=O)N2C(C(=O)[O-])=C(COC(C)=O)CS[C@H]12.[Na+]. The first kappa shape index (κ1) is 19.0. The molecule has 0 aromatic rings. The summed E-state index contributed by atoms with van der Waals surface area (Å²) in [6, 6.07) is 0. The molecule has 2 aliphatic rings. The molecular formula is C13H12NNaO6S. The predicted octanol–water partition coefficient (Wildman–Crippen LogP) is -4.01. The summed E-state index contributed by atoms with van der Waals surface area (Å²) in [5.74, 6) is -2.58. The van der Waals surface area contributed by atoms with Crippen molar-refractivity contribution < 1.29 is 58.6 Å². The second-order valence-electron chi connectivity index (χ2n) is 4.57. The summed E-state index contributed by atoms with van der Waals surface area (Å²) in [6.07, 6.45) is 1.21. The van der Waals surface area contributed by atoms with Crippen molar-refractivity contribution >= 4 is 35.4 Å². The number of ether oxygens (including phenoxy) is 1. The summed E-state index contributed by atoms with van der Waals surface area (Å²) in [7, 11) is 0. The number of carbonyl (C=O) groups excluding carboxylic acids is 4. The van der Waals surface area contributed by atoms with Gasteiger partial charge in [0.25, 0.3) is 5.91 Å². The monoisotopic (exact) mass is 333 g/mol. The molecule has 0 spiro atoms. The van der Waals surface area contributed by atoms with Gasteiger partial charge in [0.15, 0.2) is 5.78 Å². The number of amides is 1. The summed E-state index contributed by atoms with van der Waals surface area (Å²) in [5, 5.41) is 10.8. The third kappa shape index (κ3) is 3.62. The predicted molar refractivity (Wildman–Crippen MR) is 70.5 cm³/mol. The molecule has 0 saturated carbocycles. The van der Waals surface area contributed by atoms with Crippen molar-refractivity contribution in [1.82, 2.24) is 4.90 Å². The van der Waals surface area contributed by atoms with Crippen LogP contribution < -0.4 is 34.7 Å². The fraction of sp³-hybridized carbons (Fsp3) is 0.385. The summed E-state index contributed by atoms with van der Waals surface area (Å²) in [5.41, 5.74) is 0.310. The molecule has 0 unspecified atom stereocenters. The molecule has 7 nitrogen and oxygen atoms in total. The number of hydrogen-bond donors (Lipinski definition) is 0. The number of carbonyl (C=O) groups is 4. The van der Waals surface area contributed by atoms with Crippen LogP contribution in [0.15, 0.2) is 22.9 Å². The van der Waals surface area contributed by atoms with E-state index >= 15 is 0 Å². The van der Waals surface area contributed by atoms with E-state index in [1.807, 2.05) is 0 Å². The van der Waals surface area contributed by atoms with Crippen LogP contribution >= 0.6 is 11.8 Å². The third-order valence-corrected chi connectivity index (χ3v) is 4.25. The van der Waals surface area contributed by atoms with Crippen LogP contribution in [0.1, 0.15) is 13.8 Å². The molecule has 22 heavy (non-hydrogen) atoms. The zero-order valence-electron chi connectivity index (χ0n) is 12.4. The van der Waals surface area contributed by atoms with Gasteiger partial charge in [0, 0.05) is 18.2 Å². The number of β-lactam (4-membered cyclic amide) rings is 1. The molecule has 2 aliphatic heterocycles. The Labute approximate surface area is 153 Å². The molecule has 2 heterocycles. The number of ketones is 1. The van der Waals surface area contributed by atoms with Gasteiger partial charge in [-0.3, -0.25) is 19.3 Å². The Bertz CT molecular complexity index is 612. The van der Waals surface area contributed by atoms with Crippen LogP contribution in [0.2, 0.25) is 0 Å². The number of nitrogens with zero attached hydrogens (tertiary/aromatic N) is 1. The Morgan fingerprint density at radius 3 is 2.55 bits per heavy atom. The molecule has 0 radical (unpaired) electrons. The number of thioether (sulfide) groups is 1. The molecule has 0 aromatic carbocycles. The minimum absolute atomic E-state index is 0. The van der Waals surface area contributed by atoms with Gasteiger partial charge in [-0.2, -0.15) is 0 Å². The molecule has 1 saturated heterocycles. The maximum absolute atomic E-state index is 12.0. The standard InChI is InChI=1S/C13H13NO6S.Na/c1-6(15)3-9-11(17)14-10(13(18)19)8(4-20-7(2)16)5-21-12(9)14;/h3,12H,4-5H2,1-2H3,(H,18,19);/q;+1/p-1/b9-3-;/t12-;/m1./s1. The van der Waals surface area contributed by atoms with Gasteiger partial charge >= 0.3 is 35.5 Å². The van der Waals surface area contributed by atoms with E-state index in [0.29, 0.717) is 5.57 Å². The topological polar surface area (TPSA) is 104 Å². The summed E-state index contributed by atoms with van der Waals surface area (Å²) in [4.78, 5) is 46.2. The summed E-state index contributed by atoms with van der Waals surface area (Å²) < 4.78 is 4.79. The van der Waals surface area contributed by atoms with Gasteiger partial charge in [-0.05, 0) is 13.0 Å². The average molecular weight is 333 g/mol. The number of carboxylic acid groups (broad SMARTS) is 1. The van der Waals surface area contributed by atoms with Crippen LogP contribution in [0.4, 0.5) is 0 Å². The van der Waals surface area contributed by atoms with E-state index in [1.165, 1.54) is 31.7 Å². The first-order valence-corrected chi connectivity index (χ1v) is 7.12. The number of hydrogen-bond acceptors (Lipinski definition) is 7. The molecule has 1 amide bonds. The van der Waals surface area contributed by atoms with Gasteiger partial charge in [-0.1, -0.05) is 0 Å². The maximum atomic E-state index is 12.0. The second kappa shape index (κ2) is 7.45. The zero-order chi connectivity index (χ0) is 15.7. The van der Waals surface area contributed by atoms with Gasteiger partial charge in [0.2, 0.25) is 0 Å². The van der Waals surface area contributed by atoms with E-state index < -0.39 is 23.2 Å². The van der Waals surface area contributed by atoms with Crippen molar-refractivity contribution in [2.45, 2.75) is 19.2 Å². The molecule has 1 fully saturated rings.